The van der Waals surface area contributed by atoms with Gasteiger partial charge in [0.25, 0.3) is 0 Å². The molecule has 0 amide bonds. The number of nitrogens with zero attached hydrogens (tertiary/aromatic N) is 3. The van der Waals surface area contributed by atoms with E-state index in [1.54, 1.807) is 7.11 Å². The molecule has 20 heavy (non-hydrogen) atoms. The molecule has 10 nitrogen and oxygen atoms in total. The van der Waals surface area contributed by atoms with Crippen LogP contribution in [0.2, 0.25) is 0 Å². The van der Waals surface area contributed by atoms with Crippen molar-refractivity contribution in [3.05, 3.63) is 15.8 Å². The van der Waals surface area contributed by atoms with Gasteiger partial charge >= 0.3 is 5.69 Å². The van der Waals surface area contributed by atoms with Crippen LogP contribution >= 0.6 is 0 Å². The molecule has 0 aliphatic rings. The van der Waals surface area contributed by atoms with E-state index in [2.05, 4.69) is 20.7 Å². The lowest BCUT2D eigenvalue weighted by atomic mass is 10.3. The number of hydrogen-bond donors (Lipinski definition) is 3. The van der Waals surface area contributed by atoms with Crippen LogP contribution in [0.25, 0.3) is 0 Å². The van der Waals surface area contributed by atoms with Gasteiger partial charge in [-0.15, -0.1) is 0 Å². The summed E-state index contributed by atoms with van der Waals surface area (Å²) < 4.78 is 10.1. The Hall–Kier alpha value is -2.04. The van der Waals surface area contributed by atoms with Crippen LogP contribution in [-0.2, 0) is 9.47 Å². The zero-order valence-corrected chi connectivity index (χ0v) is 11.5. The molecule has 0 bridgehead atoms. The Kier molecular flexibility index (Phi) is 6.03. The number of hydrogen-bond acceptors (Lipinski definition) is 9. The first kappa shape index (κ1) is 16.0. The van der Waals surface area contributed by atoms with Crippen LogP contribution < -0.4 is 16.6 Å². The lowest BCUT2D eigenvalue weighted by molar-refractivity contribution is -0.385. The van der Waals surface area contributed by atoms with E-state index in [0.29, 0.717) is 13.2 Å². The SMILES string of the molecule is COCC(CNc1nc(NN)nc(C)c1[N+](=O)[O-])OC. The molecule has 0 aliphatic carbocycles. The van der Waals surface area contributed by atoms with Crippen molar-refractivity contribution in [2.45, 2.75) is 13.0 Å². The molecular weight excluding hydrogens is 268 g/mol. The number of nitrogens with one attached hydrogen (secondary N) is 2. The average molecular weight is 286 g/mol. The number of hydrazine groups is 1. The zero-order valence-electron chi connectivity index (χ0n) is 11.5. The summed E-state index contributed by atoms with van der Waals surface area (Å²) in [7, 11) is 3.07. The predicted molar refractivity (Wildman–Crippen MR) is 72.4 cm³/mol. The molecule has 0 aromatic carbocycles. The third-order valence-corrected chi connectivity index (χ3v) is 2.55. The Labute approximate surface area is 115 Å². The van der Waals surface area contributed by atoms with Crippen LogP contribution in [0.5, 0.6) is 0 Å². The number of aryl methyl sites for hydroxylation is 1. The fourth-order valence-corrected chi connectivity index (χ4v) is 1.58. The normalized spacial score (nSPS) is 12.0. The maximum Gasteiger partial charge on any atom is 0.332 e. The summed E-state index contributed by atoms with van der Waals surface area (Å²) in [6.45, 7) is 2.16. The third-order valence-electron chi connectivity index (χ3n) is 2.55. The van der Waals surface area contributed by atoms with Gasteiger partial charge in [0.2, 0.25) is 11.8 Å². The Bertz CT molecular complexity index is 469. The number of nitrogens with two attached hydrogens (primary N) is 1. The summed E-state index contributed by atoms with van der Waals surface area (Å²) in [6.07, 6.45) is -0.260. The first-order valence-electron chi connectivity index (χ1n) is 5.78. The lowest BCUT2D eigenvalue weighted by Crippen LogP contribution is -2.27. The summed E-state index contributed by atoms with van der Waals surface area (Å²) in [5.74, 6) is 5.40. The molecule has 4 N–H and O–H groups in total. The van der Waals surface area contributed by atoms with Gasteiger partial charge in [0.1, 0.15) is 5.69 Å². The second kappa shape index (κ2) is 7.53. The molecule has 0 fully saturated rings. The number of anilines is 2. The van der Waals surface area contributed by atoms with Gasteiger partial charge in [0, 0.05) is 20.8 Å². The highest BCUT2D eigenvalue weighted by Crippen LogP contribution is 2.26. The van der Waals surface area contributed by atoms with Gasteiger partial charge < -0.3 is 14.8 Å². The molecule has 1 aromatic rings. The first-order chi connectivity index (χ1) is 9.53. The second-order valence-electron chi connectivity index (χ2n) is 3.93. The van der Waals surface area contributed by atoms with Crippen LogP contribution in [0, 0.1) is 17.0 Å². The van der Waals surface area contributed by atoms with E-state index in [1.807, 2.05) is 0 Å². The molecule has 0 aliphatic heterocycles. The minimum Gasteiger partial charge on any atom is -0.382 e. The molecular formula is C10H18N6O4. The summed E-state index contributed by atoms with van der Waals surface area (Å²) in [4.78, 5) is 18.3. The number of ether oxygens (including phenoxy) is 2. The number of nitrogen functional groups attached to an aromatic ring is 1. The second-order valence-corrected chi connectivity index (χ2v) is 3.93. The van der Waals surface area contributed by atoms with Crippen molar-refractivity contribution in [3.8, 4) is 0 Å². The number of rotatable bonds is 8. The molecule has 1 unspecified atom stereocenters. The molecule has 0 saturated carbocycles. The van der Waals surface area contributed by atoms with Crippen LogP contribution in [0.1, 0.15) is 5.69 Å². The predicted octanol–water partition coefficient (Wildman–Crippen LogP) is 0.0521. The Morgan fingerprint density at radius 2 is 2.15 bits per heavy atom. The van der Waals surface area contributed by atoms with Crippen molar-refractivity contribution in [1.29, 1.82) is 0 Å². The Morgan fingerprint density at radius 1 is 1.45 bits per heavy atom. The van der Waals surface area contributed by atoms with Gasteiger partial charge in [-0.25, -0.2) is 10.8 Å². The van der Waals surface area contributed by atoms with Crippen molar-refractivity contribution in [3.63, 3.8) is 0 Å². The smallest absolute Gasteiger partial charge is 0.332 e. The van der Waals surface area contributed by atoms with E-state index in [9.17, 15) is 10.1 Å². The largest absolute Gasteiger partial charge is 0.382 e. The highest BCUT2D eigenvalue weighted by Gasteiger charge is 2.22. The van der Waals surface area contributed by atoms with Gasteiger partial charge in [0.05, 0.1) is 17.6 Å². The minimum absolute atomic E-state index is 0.0774. The van der Waals surface area contributed by atoms with Crippen LogP contribution in [0.15, 0.2) is 0 Å². The fraction of sp³-hybridized carbons (Fsp3) is 0.600. The van der Waals surface area contributed by atoms with Gasteiger partial charge in [0.15, 0.2) is 0 Å². The molecule has 1 heterocycles. The molecule has 0 spiro atoms. The van der Waals surface area contributed by atoms with E-state index in [4.69, 9.17) is 15.3 Å². The molecule has 0 saturated heterocycles. The highest BCUT2D eigenvalue weighted by molar-refractivity contribution is 5.60. The Morgan fingerprint density at radius 3 is 2.65 bits per heavy atom. The minimum atomic E-state index is -0.546. The monoisotopic (exact) mass is 286 g/mol. The standard InChI is InChI=1S/C10H18N6O4/c1-6-8(16(17)18)9(14-10(13-6)15-11)12-4-7(20-3)5-19-2/h7H,4-5,11H2,1-3H3,(H2,12,13,14,15). The van der Waals surface area contributed by atoms with Gasteiger partial charge in [-0.05, 0) is 6.92 Å². The molecule has 1 aromatic heterocycles. The van der Waals surface area contributed by atoms with E-state index in [-0.39, 0.29) is 29.3 Å². The molecule has 112 valence electrons. The first-order valence-corrected chi connectivity index (χ1v) is 5.78. The summed E-state index contributed by atoms with van der Waals surface area (Å²) >= 11 is 0. The van der Waals surface area contributed by atoms with Gasteiger partial charge in [-0.3, -0.25) is 15.5 Å². The Balaban J connectivity index is 2.96. The van der Waals surface area contributed by atoms with E-state index >= 15 is 0 Å². The van der Waals surface area contributed by atoms with Crippen LogP contribution in [-0.4, -0.2) is 48.4 Å². The van der Waals surface area contributed by atoms with Crippen molar-refractivity contribution in [1.82, 2.24) is 9.97 Å². The molecule has 0 radical (unpaired) electrons. The van der Waals surface area contributed by atoms with Crippen molar-refractivity contribution in [2.75, 3.05) is 38.1 Å². The van der Waals surface area contributed by atoms with E-state index in [1.165, 1.54) is 14.0 Å². The van der Waals surface area contributed by atoms with E-state index < -0.39 is 4.92 Å². The van der Waals surface area contributed by atoms with Crippen molar-refractivity contribution in [2.24, 2.45) is 5.84 Å². The maximum absolute atomic E-state index is 11.1. The highest BCUT2D eigenvalue weighted by atomic mass is 16.6. The number of nitro groups is 1. The quantitative estimate of drug-likeness (QED) is 0.344. The zero-order chi connectivity index (χ0) is 15.1. The fourth-order valence-electron chi connectivity index (χ4n) is 1.58. The molecule has 1 rings (SSSR count). The summed E-state index contributed by atoms with van der Waals surface area (Å²) in [6, 6.07) is 0. The van der Waals surface area contributed by atoms with Crippen LogP contribution in [0.3, 0.4) is 0 Å². The van der Waals surface area contributed by atoms with Gasteiger partial charge in [-0.2, -0.15) is 4.98 Å². The lowest BCUT2D eigenvalue weighted by Gasteiger charge is -2.16. The average Bonchev–Trinajstić information content (AvgIpc) is 2.42. The number of aromatic nitrogens is 2. The topological polar surface area (TPSA) is 137 Å². The summed E-state index contributed by atoms with van der Waals surface area (Å²) in [5.41, 5.74) is 2.27. The van der Waals surface area contributed by atoms with Crippen molar-refractivity contribution < 1.29 is 14.4 Å². The van der Waals surface area contributed by atoms with Crippen LogP contribution in [0.4, 0.5) is 17.5 Å². The van der Waals surface area contributed by atoms with Crippen molar-refractivity contribution >= 4 is 17.5 Å². The number of methoxy groups -OCH3 is 2. The molecule has 10 heteroatoms. The summed E-state index contributed by atoms with van der Waals surface area (Å²) in [5, 5.41) is 13.9. The third kappa shape index (κ3) is 3.98. The van der Waals surface area contributed by atoms with Gasteiger partial charge in [-0.1, -0.05) is 0 Å². The molecule has 1 atom stereocenters. The van der Waals surface area contributed by atoms with E-state index in [0.717, 1.165) is 0 Å². The maximum atomic E-state index is 11.1.